The number of hydrogen-bond acceptors (Lipinski definition) is 6. The van der Waals surface area contributed by atoms with E-state index in [1.54, 1.807) is 25.4 Å². The fourth-order valence-electron chi connectivity index (χ4n) is 3.99. The third-order valence-electron chi connectivity index (χ3n) is 5.60. The fraction of sp³-hybridized carbons (Fsp3) is 0.318. The molecular formula is C22H21N7O. The first-order chi connectivity index (χ1) is 14.5. The molecule has 1 saturated heterocycles. The summed E-state index contributed by atoms with van der Waals surface area (Å²) < 4.78 is 1.43. The molecule has 1 aliphatic heterocycles. The first-order valence-corrected chi connectivity index (χ1v) is 9.73. The van der Waals surface area contributed by atoms with Crippen molar-refractivity contribution in [2.45, 2.75) is 19.5 Å². The van der Waals surface area contributed by atoms with E-state index in [2.05, 4.69) is 37.6 Å². The van der Waals surface area contributed by atoms with Crippen LogP contribution in [0.4, 0.5) is 11.5 Å². The van der Waals surface area contributed by atoms with Gasteiger partial charge in [-0.2, -0.15) is 5.26 Å². The maximum absolute atomic E-state index is 12.8. The molecule has 0 aromatic carbocycles. The zero-order valence-corrected chi connectivity index (χ0v) is 16.9. The van der Waals surface area contributed by atoms with Crippen molar-refractivity contribution in [3.8, 4) is 6.07 Å². The lowest BCUT2D eigenvalue weighted by molar-refractivity contribution is 0.179. The van der Waals surface area contributed by atoms with Gasteiger partial charge in [-0.15, -0.1) is 4.98 Å². The first kappa shape index (κ1) is 19.6. The smallest absolute Gasteiger partial charge is 0.271 e. The molecule has 150 valence electrons. The highest BCUT2D eigenvalue weighted by Crippen LogP contribution is 2.30. The molecule has 30 heavy (non-hydrogen) atoms. The molecule has 0 aliphatic carbocycles. The SMILES string of the molecule is [C-]#[N+]c1ccc2c(n1)c(N1CCN(Cc3ccccn3)[C@H](C)C1)c(C#N)c(=O)n2C. The van der Waals surface area contributed by atoms with Crippen LogP contribution >= 0.6 is 0 Å². The molecule has 4 heterocycles. The molecule has 3 aromatic heterocycles. The molecule has 0 saturated carbocycles. The summed E-state index contributed by atoms with van der Waals surface area (Å²) in [5.41, 5.74) is 2.41. The Hall–Kier alpha value is -3.75. The zero-order chi connectivity index (χ0) is 21.3. The van der Waals surface area contributed by atoms with Gasteiger partial charge in [0.15, 0.2) is 0 Å². The zero-order valence-electron chi connectivity index (χ0n) is 16.9. The van der Waals surface area contributed by atoms with Crippen LogP contribution in [-0.2, 0) is 13.6 Å². The molecule has 1 atom stereocenters. The minimum Gasteiger partial charge on any atom is -0.364 e. The molecule has 0 spiro atoms. The normalized spacial score (nSPS) is 16.9. The number of fused-ring (bicyclic) bond motifs is 1. The van der Waals surface area contributed by atoms with E-state index < -0.39 is 0 Å². The lowest BCUT2D eigenvalue weighted by Crippen LogP contribution is -2.52. The molecule has 0 bridgehead atoms. The second kappa shape index (κ2) is 7.94. The Kier molecular flexibility index (Phi) is 5.18. The predicted molar refractivity (Wildman–Crippen MR) is 114 cm³/mol. The lowest BCUT2D eigenvalue weighted by Gasteiger charge is -2.40. The van der Waals surface area contributed by atoms with E-state index in [0.29, 0.717) is 29.8 Å². The fourth-order valence-corrected chi connectivity index (χ4v) is 3.99. The van der Waals surface area contributed by atoms with E-state index in [4.69, 9.17) is 6.57 Å². The van der Waals surface area contributed by atoms with Gasteiger partial charge in [0.05, 0.1) is 11.2 Å². The largest absolute Gasteiger partial charge is 0.364 e. The molecule has 3 aromatic rings. The van der Waals surface area contributed by atoms with Gasteiger partial charge in [-0.1, -0.05) is 12.6 Å². The second-order valence-corrected chi connectivity index (χ2v) is 7.44. The van der Waals surface area contributed by atoms with Crippen molar-refractivity contribution in [3.05, 3.63) is 69.6 Å². The summed E-state index contributed by atoms with van der Waals surface area (Å²) >= 11 is 0. The predicted octanol–water partition coefficient (Wildman–Crippen LogP) is 2.46. The molecule has 4 rings (SSSR count). The molecule has 0 radical (unpaired) electrons. The van der Waals surface area contributed by atoms with Gasteiger partial charge in [-0.25, -0.2) is 0 Å². The lowest BCUT2D eigenvalue weighted by atomic mass is 10.1. The highest BCUT2D eigenvalue weighted by atomic mass is 16.1. The number of rotatable bonds is 3. The highest BCUT2D eigenvalue weighted by Gasteiger charge is 2.30. The number of nitrogens with zero attached hydrogens (tertiary/aromatic N) is 7. The van der Waals surface area contributed by atoms with Gasteiger partial charge in [-0.3, -0.25) is 14.7 Å². The summed E-state index contributed by atoms with van der Waals surface area (Å²) in [5, 5.41) is 9.76. The van der Waals surface area contributed by atoms with Crippen molar-refractivity contribution in [2.75, 3.05) is 24.5 Å². The number of pyridine rings is 3. The topological polar surface area (TPSA) is 82.4 Å². The van der Waals surface area contributed by atoms with Gasteiger partial charge < -0.3 is 14.3 Å². The molecule has 8 nitrogen and oxygen atoms in total. The van der Waals surface area contributed by atoms with Crippen molar-refractivity contribution < 1.29 is 0 Å². The van der Waals surface area contributed by atoms with Crippen molar-refractivity contribution in [1.82, 2.24) is 19.4 Å². The summed E-state index contributed by atoms with van der Waals surface area (Å²) in [6.45, 7) is 12.2. The van der Waals surface area contributed by atoms with Crippen molar-refractivity contribution in [3.63, 3.8) is 0 Å². The Labute approximate surface area is 174 Å². The third kappa shape index (κ3) is 3.38. The van der Waals surface area contributed by atoms with E-state index in [9.17, 15) is 10.1 Å². The van der Waals surface area contributed by atoms with E-state index >= 15 is 0 Å². The van der Waals surface area contributed by atoms with Crippen LogP contribution in [0.1, 0.15) is 18.2 Å². The Morgan fingerprint density at radius 1 is 1.30 bits per heavy atom. The Bertz CT molecular complexity index is 1240. The molecule has 0 amide bonds. The van der Waals surface area contributed by atoms with Crippen LogP contribution in [0.15, 0.2) is 41.3 Å². The van der Waals surface area contributed by atoms with E-state index in [1.165, 1.54) is 4.57 Å². The van der Waals surface area contributed by atoms with Crippen LogP contribution in [0.2, 0.25) is 0 Å². The minimum atomic E-state index is -0.346. The molecule has 1 aliphatic rings. The van der Waals surface area contributed by atoms with Gasteiger partial charge in [0, 0.05) is 45.5 Å². The van der Waals surface area contributed by atoms with E-state index in [0.717, 1.165) is 18.8 Å². The number of nitriles is 1. The van der Waals surface area contributed by atoms with E-state index in [1.807, 2.05) is 18.2 Å². The third-order valence-corrected chi connectivity index (χ3v) is 5.60. The standard InChI is InChI=1S/C22H21N7O/c1-15-13-29(11-10-28(15)14-16-6-4-5-9-25-16)21-17(12-23)22(30)27(3)18-7-8-19(24-2)26-20(18)21/h4-9,15H,10-11,13-14H2,1,3H3/t15-/m1/s1. The molecule has 8 heteroatoms. The van der Waals surface area contributed by atoms with Crippen molar-refractivity contribution >= 4 is 22.5 Å². The number of aryl methyl sites for hydroxylation is 1. The summed E-state index contributed by atoms with van der Waals surface area (Å²) in [6, 6.07) is 11.5. The number of anilines is 1. The quantitative estimate of drug-likeness (QED) is 0.629. The number of piperazine rings is 1. The summed E-state index contributed by atoms with van der Waals surface area (Å²) in [4.78, 5) is 29.5. The minimum absolute atomic E-state index is 0.0741. The van der Waals surface area contributed by atoms with Crippen LogP contribution in [0.25, 0.3) is 15.9 Å². The van der Waals surface area contributed by atoms with Crippen molar-refractivity contribution in [1.29, 1.82) is 5.26 Å². The van der Waals surface area contributed by atoms with Crippen LogP contribution < -0.4 is 10.5 Å². The molecular weight excluding hydrogens is 378 g/mol. The van der Waals surface area contributed by atoms with Gasteiger partial charge in [0.1, 0.15) is 17.3 Å². The molecule has 0 unspecified atom stereocenters. The van der Waals surface area contributed by atoms with Crippen LogP contribution in [0.5, 0.6) is 0 Å². The summed E-state index contributed by atoms with van der Waals surface area (Å²) in [6.07, 6.45) is 1.79. The molecule has 0 N–H and O–H groups in total. The Morgan fingerprint density at radius 3 is 2.80 bits per heavy atom. The maximum atomic E-state index is 12.8. The van der Waals surface area contributed by atoms with Gasteiger partial charge in [-0.05, 0) is 31.2 Å². The summed E-state index contributed by atoms with van der Waals surface area (Å²) in [5.74, 6) is 0.244. The van der Waals surface area contributed by atoms with Gasteiger partial charge in [0.2, 0.25) is 5.52 Å². The highest BCUT2D eigenvalue weighted by molar-refractivity contribution is 5.92. The monoisotopic (exact) mass is 399 g/mol. The summed E-state index contributed by atoms with van der Waals surface area (Å²) in [7, 11) is 1.63. The maximum Gasteiger partial charge on any atom is 0.271 e. The number of aromatic nitrogens is 3. The van der Waals surface area contributed by atoms with Gasteiger partial charge in [0.25, 0.3) is 11.4 Å². The van der Waals surface area contributed by atoms with Crippen LogP contribution in [-0.4, -0.2) is 45.1 Å². The van der Waals surface area contributed by atoms with Crippen LogP contribution in [0.3, 0.4) is 0 Å². The van der Waals surface area contributed by atoms with Crippen LogP contribution in [0, 0.1) is 17.9 Å². The average molecular weight is 399 g/mol. The average Bonchev–Trinajstić information content (AvgIpc) is 2.77. The van der Waals surface area contributed by atoms with E-state index in [-0.39, 0.29) is 23.0 Å². The number of hydrogen-bond donors (Lipinski definition) is 0. The van der Waals surface area contributed by atoms with Crippen molar-refractivity contribution in [2.24, 2.45) is 7.05 Å². The van der Waals surface area contributed by atoms with Gasteiger partial charge >= 0.3 is 0 Å². The first-order valence-electron chi connectivity index (χ1n) is 9.73. The second-order valence-electron chi connectivity index (χ2n) is 7.44. The Balaban J connectivity index is 1.73. The Morgan fingerprint density at radius 2 is 2.13 bits per heavy atom. The molecule has 1 fully saturated rings.